The molecule has 2 amide bonds. The summed E-state index contributed by atoms with van der Waals surface area (Å²) in [5.74, 6) is -0.0216. The molecule has 24 heavy (non-hydrogen) atoms. The van der Waals surface area contributed by atoms with Gasteiger partial charge in [0.25, 0.3) is 0 Å². The molecular formula is C18H24N4O2. The summed E-state index contributed by atoms with van der Waals surface area (Å²) in [5.41, 5.74) is 6.93. The number of rotatable bonds is 6. The lowest BCUT2D eigenvalue weighted by Gasteiger charge is -2.19. The zero-order valence-corrected chi connectivity index (χ0v) is 14.2. The van der Waals surface area contributed by atoms with Gasteiger partial charge >= 0.3 is 0 Å². The number of fused-ring (bicyclic) bond motifs is 1. The Morgan fingerprint density at radius 3 is 2.58 bits per heavy atom. The molecule has 0 unspecified atom stereocenters. The van der Waals surface area contributed by atoms with Gasteiger partial charge in [0, 0.05) is 35.9 Å². The number of anilines is 1. The Bertz CT molecular complexity index is 772. The van der Waals surface area contributed by atoms with Crippen molar-refractivity contribution in [3.05, 3.63) is 30.5 Å². The van der Waals surface area contributed by atoms with E-state index >= 15 is 0 Å². The molecule has 0 bridgehead atoms. The molecule has 1 saturated carbocycles. The summed E-state index contributed by atoms with van der Waals surface area (Å²) in [6.45, 7) is 5.71. The number of likely N-dealkylation sites (N-methyl/N-ethyl adjacent to an activating group) is 1. The molecule has 1 aromatic heterocycles. The molecular weight excluding hydrogens is 304 g/mol. The van der Waals surface area contributed by atoms with Crippen molar-refractivity contribution < 1.29 is 9.59 Å². The van der Waals surface area contributed by atoms with Crippen molar-refractivity contribution in [2.75, 3.05) is 18.4 Å². The number of benzene rings is 1. The molecule has 3 rings (SSSR count). The topological polar surface area (TPSA) is 80.4 Å². The average Bonchev–Trinajstić information content (AvgIpc) is 3.20. The molecule has 0 saturated heterocycles. The van der Waals surface area contributed by atoms with E-state index in [2.05, 4.69) is 5.32 Å². The zero-order valence-electron chi connectivity index (χ0n) is 14.2. The lowest BCUT2D eigenvalue weighted by Crippen LogP contribution is -2.37. The van der Waals surface area contributed by atoms with Crippen molar-refractivity contribution >= 4 is 28.4 Å². The van der Waals surface area contributed by atoms with Crippen LogP contribution in [-0.4, -0.2) is 39.9 Å². The smallest absolute Gasteiger partial charge is 0.244 e. The van der Waals surface area contributed by atoms with E-state index < -0.39 is 5.54 Å². The normalized spacial score (nSPS) is 15.3. The summed E-state index contributed by atoms with van der Waals surface area (Å²) in [4.78, 5) is 26.1. The Labute approximate surface area is 141 Å². The number of aromatic nitrogens is 1. The van der Waals surface area contributed by atoms with Crippen LogP contribution in [0.5, 0.6) is 0 Å². The standard InChI is InChI=1S/C18H24N4O2/c1-3-21(4-2)16(23)12-22-10-7-13-11-14(5-6-15(13)22)20-17(24)18(19)8-9-18/h5-7,10-11H,3-4,8-9,12,19H2,1-2H3,(H,20,24). The van der Waals surface area contributed by atoms with E-state index in [1.54, 1.807) is 0 Å². The minimum Gasteiger partial charge on any atom is -0.342 e. The Kier molecular flexibility index (Phi) is 4.32. The van der Waals surface area contributed by atoms with Gasteiger partial charge in [0.1, 0.15) is 6.54 Å². The molecule has 3 N–H and O–H groups in total. The minimum atomic E-state index is -0.683. The van der Waals surface area contributed by atoms with Gasteiger partial charge in [0.15, 0.2) is 0 Å². The molecule has 6 heteroatoms. The number of amides is 2. The molecule has 0 atom stereocenters. The van der Waals surface area contributed by atoms with Gasteiger partial charge in [-0.3, -0.25) is 9.59 Å². The summed E-state index contributed by atoms with van der Waals surface area (Å²) in [5, 5.41) is 3.86. The monoisotopic (exact) mass is 328 g/mol. The van der Waals surface area contributed by atoms with Crippen LogP contribution in [0.3, 0.4) is 0 Å². The maximum absolute atomic E-state index is 12.3. The first kappa shape index (κ1) is 16.5. The fourth-order valence-corrected chi connectivity index (χ4v) is 2.86. The molecule has 128 valence electrons. The van der Waals surface area contributed by atoms with E-state index in [0.717, 1.165) is 29.4 Å². The lowest BCUT2D eigenvalue weighted by atomic mass is 10.2. The van der Waals surface area contributed by atoms with Gasteiger partial charge in [-0.25, -0.2) is 0 Å². The fraction of sp³-hybridized carbons (Fsp3) is 0.444. The van der Waals surface area contributed by atoms with Crippen molar-refractivity contribution in [3.8, 4) is 0 Å². The maximum Gasteiger partial charge on any atom is 0.244 e. The van der Waals surface area contributed by atoms with Gasteiger partial charge in [-0.05, 0) is 51.0 Å². The van der Waals surface area contributed by atoms with E-state index in [9.17, 15) is 9.59 Å². The van der Waals surface area contributed by atoms with Gasteiger partial charge in [0.05, 0.1) is 5.54 Å². The fourth-order valence-electron chi connectivity index (χ4n) is 2.86. The Morgan fingerprint density at radius 2 is 1.96 bits per heavy atom. The van der Waals surface area contributed by atoms with Crippen molar-refractivity contribution in [2.24, 2.45) is 5.73 Å². The van der Waals surface area contributed by atoms with Crippen LogP contribution in [0, 0.1) is 0 Å². The van der Waals surface area contributed by atoms with Gasteiger partial charge < -0.3 is 20.5 Å². The predicted molar refractivity (Wildman–Crippen MR) is 94.6 cm³/mol. The summed E-state index contributed by atoms with van der Waals surface area (Å²) in [7, 11) is 0. The van der Waals surface area contributed by atoms with E-state index in [-0.39, 0.29) is 11.8 Å². The third-order valence-electron chi connectivity index (χ3n) is 4.69. The first-order chi connectivity index (χ1) is 11.5. The number of hydrogen-bond acceptors (Lipinski definition) is 3. The molecule has 1 heterocycles. The summed E-state index contributed by atoms with van der Waals surface area (Å²) in [6, 6.07) is 7.65. The second kappa shape index (κ2) is 6.28. The van der Waals surface area contributed by atoms with Crippen LogP contribution in [0.4, 0.5) is 5.69 Å². The first-order valence-corrected chi connectivity index (χ1v) is 8.44. The number of nitrogens with one attached hydrogen (secondary N) is 1. The SMILES string of the molecule is CCN(CC)C(=O)Cn1ccc2cc(NC(=O)C3(N)CC3)ccc21. The molecule has 1 aliphatic rings. The number of nitrogens with zero attached hydrogens (tertiary/aromatic N) is 2. The maximum atomic E-state index is 12.3. The van der Waals surface area contributed by atoms with Crippen LogP contribution in [0.15, 0.2) is 30.5 Å². The zero-order chi connectivity index (χ0) is 17.3. The van der Waals surface area contributed by atoms with Crippen LogP contribution in [0.1, 0.15) is 26.7 Å². The number of carbonyl (C=O) groups excluding carboxylic acids is 2. The van der Waals surface area contributed by atoms with Crippen molar-refractivity contribution in [3.63, 3.8) is 0 Å². The molecule has 0 aliphatic heterocycles. The third-order valence-corrected chi connectivity index (χ3v) is 4.69. The van der Waals surface area contributed by atoms with Crippen molar-refractivity contribution in [2.45, 2.75) is 38.8 Å². The van der Waals surface area contributed by atoms with E-state index in [1.807, 2.05) is 53.8 Å². The van der Waals surface area contributed by atoms with Crippen LogP contribution in [0.2, 0.25) is 0 Å². The van der Waals surface area contributed by atoms with Crippen molar-refractivity contribution in [1.82, 2.24) is 9.47 Å². The van der Waals surface area contributed by atoms with Crippen LogP contribution < -0.4 is 11.1 Å². The van der Waals surface area contributed by atoms with Gasteiger partial charge in [-0.1, -0.05) is 0 Å². The quantitative estimate of drug-likeness (QED) is 0.850. The third kappa shape index (κ3) is 3.14. The summed E-state index contributed by atoms with van der Waals surface area (Å²) >= 11 is 0. The Hall–Kier alpha value is -2.34. The first-order valence-electron chi connectivity index (χ1n) is 8.44. The number of hydrogen-bond donors (Lipinski definition) is 2. The summed E-state index contributed by atoms with van der Waals surface area (Å²) in [6.07, 6.45) is 3.39. The van der Waals surface area contributed by atoms with E-state index in [4.69, 9.17) is 5.73 Å². The Morgan fingerprint density at radius 1 is 1.25 bits per heavy atom. The van der Waals surface area contributed by atoms with Crippen LogP contribution in [-0.2, 0) is 16.1 Å². The second-order valence-electron chi connectivity index (χ2n) is 6.39. The Balaban J connectivity index is 1.76. The summed E-state index contributed by atoms with van der Waals surface area (Å²) < 4.78 is 1.94. The molecule has 1 fully saturated rings. The van der Waals surface area contributed by atoms with Gasteiger partial charge in [0.2, 0.25) is 11.8 Å². The van der Waals surface area contributed by atoms with E-state index in [0.29, 0.717) is 19.6 Å². The van der Waals surface area contributed by atoms with Crippen LogP contribution >= 0.6 is 0 Å². The highest BCUT2D eigenvalue weighted by Gasteiger charge is 2.45. The lowest BCUT2D eigenvalue weighted by molar-refractivity contribution is -0.131. The second-order valence-corrected chi connectivity index (χ2v) is 6.39. The highest BCUT2D eigenvalue weighted by atomic mass is 16.2. The molecule has 6 nitrogen and oxygen atoms in total. The predicted octanol–water partition coefficient (Wildman–Crippen LogP) is 1.94. The molecule has 1 aromatic carbocycles. The van der Waals surface area contributed by atoms with E-state index in [1.165, 1.54) is 0 Å². The largest absolute Gasteiger partial charge is 0.342 e. The van der Waals surface area contributed by atoms with Crippen LogP contribution in [0.25, 0.3) is 10.9 Å². The molecule has 0 radical (unpaired) electrons. The number of carbonyl (C=O) groups is 2. The molecule has 2 aromatic rings. The van der Waals surface area contributed by atoms with Gasteiger partial charge in [-0.2, -0.15) is 0 Å². The highest BCUT2D eigenvalue weighted by Crippen LogP contribution is 2.33. The molecule has 1 aliphatic carbocycles. The number of nitrogens with two attached hydrogens (primary N) is 1. The van der Waals surface area contributed by atoms with Crippen molar-refractivity contribution in [1.29, 1.82) is 0 Å². The van der Waals surface area contributed by atoms with Gasteiger partial charge in [-0.15, -0.1) is 0 Å². The highest BCUT2D eigenvalue weighted by molar-refractivity contribution is 6.01. The molecule has 0 spiro atoms. The minimum absolute atomic E-state index is 0.105. The average molecular weight is 328 g/mol.